The SMILES string of the molecule is CC(=O)O[C@@]12CO[C@@H]1CC[C@@]1(C)[C@@H]3O[C@H](CN4CCOCC4)O[C@@H]3C3=C(C)[C@@H](OC(=O)[C@H](O)[C@@H](NC(=O)OC(C)(C)C)c4ccccn4)C[C@@](O)([C@@H](C)[C@@H]12)C3(C)C. The number of carbonyl (C=O) groups excluding carboxylic acids is 3. The van der Waals surface area contributed by atoms with Crippen molar-refractivity contribution in [3.05, 3.63) is 41.2 Å². The van der Waals surface area contributed by atoms with E-state index in [0.717, 1.165) is 18.7 Å². The van der Waals surface area contributed by atoms with Crippen molar-refractivity contribution in [2.24, 2.45) is 22.7 Å². The number of morpholine rings is 1. The number of nitrogens with one attached hydrogen (secondary N) is 1. The predicted molar refractivity (Wildman–Crippen MR) is 203 cm³/mol. The van der Waals surface area contributed by atoms with Crippen molar-refractivity contribution in [3.63, 3.8) is 0 Å². The molecule has 7 rings (SSSR count). The van der Waals surface area contributed by atoms with Gasteiger partial charge in [0.05, 0.1) is 37.2 Å². The standard InChI is InChI=1S/C42H61N3O12/c1-23-27(53-36(48)32(47)31(26-12-10-11-15-43-26)44-37(49)57-38(4,5)6)20-42(50)24(2)34-40(9,14-13-28-41(34,22-52-28)56-25(3)46)35-33(30(23)39(42,7)8)54-29(55-35)21-45-16-18-51-19-17-45/h10-12,15,24,27-29,31-35,47,50H,13-14,16-22H2,1-9H3,(H,44,49)/t24-,27-,28+,29+,31-,32+,33+,34-,35+,40+,41-,42+/m0/s1. The summed E-state index contributed by atoms with van der Waals surface area (Å²) in [5, 5.41) is 27.7. The van der Waals surface area contributed by atoms with Crippen LogP contribution in [0.4, 0.5) is 4.79 Å². The van der Waals surface area contributed by atoms with Crippen LogP contribution in [0.15, 0.2) is 35.5 Å². The molecule has 2 saturated carbocycles. The van der Waals surface area contributed by atoms with Crippen LogP contribution in [0, 0.1) is 22.7 Å². The highest BCUT2D eigenvalue weighted by atomic mass is 16.7. The van der Waals surface area contributed by atoms with E-state index in [-0.39, 0.29) is 24.8 Å². The van der Waals surface area contributed by atoms with Crippen molar-refractivity contribution in [1.29, 1.82) is 0 Å². The monoisotopic (exact) mass is 799 g/mol. The van der Waals surface area contributed by atoms with Gasteiger partial charge >= 0.3 is 18.0 Å². The van der Waals surface area contributed by atoms with Gasteiger partial charge in [-0.25, -0.2) is 9.59 Å². The molecule has 3 aliphatic carbocycles. The number of amides is 1. The van der Waals surface area contributed by atoms with Gasteiger partial charge in [-0.2, -0.15) is 0 Å². The quantitative estimate of drug-likeness (QED) is 0.197. The zero-order chi connectivity index (χ0) is 41.3. The van der Waals surface area contributed by atoms with Crippen LogP contribution in [0.3, 0.4) is 0 Å². The largest absolute Gasteiger partial charge is 0.456 e. The summed E-state index contributed by atoms with van der Waals surface area (Å²) in [7, 11) is 0. The number of esters is 2. The number of rotatable bonds is 8. The lowest BCUT2D eigenvalue weighted by atomic mass is 9.43. The molecule has 57 heavy (non-hydrogen) atoms. The molecule has 2 bridgehead atoms. The van der Waals surface area contributed by atoms with Gasteiger partial charge in [0.1, 0.15) is 30.0 Å². The summed E-state index contributed by atoms with van der Waals surface area (Å²) >= 11 is 0. The molecule has 1 aromatic heterocycles. The highest BCUT2D eigenvalue weighted by Crippen LogP contribution is 2.67. The van der Waals surface area contributed by atoms with Crippen LogP contribution >= 0.6 is 0 Å². The van der Waals surface area contributed by atoms with Crippen LogP contribution < -0.4 is 5.32 Å². The normalized spacial score (nSPS) is 38.5. The van der Waals surface area contributed by atoms with Crippen molar-refractivity contribution >= 4 is 18.0 Å². The number of aliphatic hydroxyl groups excluding tert-OH is 1. The third-order valence-corrected chi connectivity index (χ3v) is 13.8. The Labute approximate surface area is 335 Å². The summed E-state index contributed by atoms with van der Waals surface area (Å²) in [6.07, 6.45) is -3.12. The Kier molecular flexibility index (Phi) is 11.1. The van der Waals surface area contributed by atoms with Gasteiger partial charge in [0.25, 0.3) is 0 Å². The maximum absolute atomic E-state index is 14.2. The van der Waals surface area contributed by atoms with Crippen molar-refractivity contribution in [2.75, 3.05) is 39.5 Å². The smallest absolute Gasteiger partial charge is 0.408 e. The van der Waals surface area contributed by atoms with E-state index in [1.165, 1.54) is 13.1 Å². The molecule has 15 nitrogen and oxygen atoms in total. The highest BCUT2D eigenvalue weighted by molar-refractivity contribution is 5.78. The van der Waals surface area contributed by atoms with Gasteiger partial charge in [-0.15, -0.1) is 0 Å². The molecule has 0 radical (unpaired) electrons. The molecule has 316 valence electrons. The van der Waals surface area contributed by atoms with Crippen LogP contribution in [0.2, 0.25) is 0 Å². The molecule has 3 saturated heterocycles. The Morgan fingerprint density at radius 3 is 2.46 bits per heavy atom. The molecule has 1 aromatic rings. The van der Waals surface area contributed by atoms with Crippen molar-refractivity contribution < 1.29 is 57.8 Å². The first-order valence-electron chi connectivity index (χ1n) is 20.4. The van der Waals surface area contributed by atoms with E-state index in [4.69, 9.17) is 33.2 Å². The van der Waals surface area contributed by atoms with Crippen molar-refractivity contribution in [2.45, 2.75) is 141 Å². The van der Waals surface area contributed by atoms with Gasteiger partial charge < -0.3 is 48.7 Å². The predicted octanol–water partition coefficient (Wildman–Crippen LogP) is 3.61. The Bertz CT molecular complexity index is 1730. The lowest BCUT2D eigenvalue weighted by Gasteiger charge is -2.68. The van der Waals surface area contributed by atoms with Crippen molar-refractivity contribution in [3.8, 4) is 0 Å². The fourth-order valence-corrected chi connectivity index (χ4v) is 11.2. The summed E-state index contributed by atoms with van der Waals surface area (Å²) in [5.74, 6) is -2.44. The Hall–Kier alpha value is -3.18. The summed E-state index contributed by atoms with van der Waals surface area (Å²) in [4.78, 5) is 46.6. The molecule has 3 aliphatic heterocycles. The summed E-state index contributed by atoms with van der Waals surface area (Å²) in [6, 6.07) is 3.63. The first-order valence-corrected chi connectivity index (χ1v) is 20.4. The number of hydrogen-bond acceptors (Lipinski definition) is 14. The van der Waals surface area contributed by atoms with Crippen LogP contribution in [0.1, 0.15) is 93.3 Å². The van der Waals surface area contributed by atoms with Gasteiger partial charge in [-0.05, 0) is 69.7 Å². The molecule has 6 aliphatic rings. The number of hydrogen-bond donors (Lipinski definition) is 3. The fraction of sp³-hybridized carbons (Fsp3) is 0.762. The second kappa shape index (κ2) is 15.1. The molecular formula is C42H61N3O12. The molecule has 15 heteroatoms. The Morgan fingerprint density at radius 2 is 1.84 bits per heavy atom. The average Bonchev–Trinajstić information content (AvgIpc) is 3.54. The lowest BCUT2D eigenvalue weighted by Crippen LogP contribution is -2.77. The number of carbonyl (C=O) groups is 3. The zero-order valence-electron chi connectivity index (χ0n) is 34.7. The van der Waals surface area contributed by atoms with Crippen LogP contribution in [0.5, 0.6) is 0 Å². The topological polar surface area (TPSA) is 184 Å². The number of nitrogens with zero attached hydrogens (tertiary/aromatic N) is 2. The maximum atomic E-state index is 14.2. The fourth-order valence-electron chi connectivity index (χ4n) is 11.2. The van der Waals surface area contributed by atoms with E-state index in [1.54, 1.807) is 39.0 Å². The minimum absolute atomic E-state index is 0.0214. The van der Waals surface area contributed by atoms with E-state index >= 15 is 0 Å². The number of aromatic nitrogens is 1. The Morgan fingerprint density at radius 1 is 1.12 bits per heavy atom. The second-order valence-corrected chi connectivity index (χ2v) is 18.7. The van der Waals surface area contributed by atoms with Crippen LogP contribution in [0.25, 0.3) is 0 Å². The minimum Gasteiger partial charge on any atom is -0.456 e. The molecule has 0 spiro atoms. The van der Waals surface area contributed by atoms with Crippen molar-refractivity contribution in [1.82, 2.24) is 15.2 Å². The lowest BCUT2D eigenvalue weighted by molar-refractivity contribution is -0.337. The number of ether oxygens (including phenoxy) is 7. The number of alkyl carbamates (subject to hydrolysis) is 1. The Balaban J connectivity index is 1.29. The first-order chi connectivity index (χ1) is 26.7. The van der Waals surface area contributed by atoms with E-state index in [1.807, 2.05) is 27.7 Å². The van der Waals surface area contributed by atoms with E-state index in [0.29, 0.717) is 38.2 Å². The van der Waals surface area contributed by atoms with Gasteiger partial charge in [0.15, 0.2) is 18.0 Å². The number of pyridine rings is 1. The number of fused-ring (bicyclic) bond motifs is 8. The van der Waals surface area contributed by atoms with Gasteiger partial charge in [-0.1, -0.05) is 33.8 Å². The molecule has 3 N–H and O–H groups in total. The second-order valence-electron chi connectivity index (χ2n) is 18.7. The molecule has 0 unspecified atom stereocenters. The van der Waals surface area contributed by atoms with Gasteiger partial charge in [0, 0.05) is 55.9 Å². The molecular weight excluding hydrogens is 738 g/mol. The van der Waals surface area contributed by atoms with Crippen LogP contribution in [-0.4, -0.2) is 131 Å². The third-order valence-electron chi connectivity index (χ3n) is 13.8. The highest BCUT2D eigenvalue weighted by Gasteiger charge is 2.75. The third kappa shape index (κ3) is 7.29. The van der Waals surface area contributed by atoms with E-state index < -0.39 is 94.2 Å². The maximum Gasteiger partial charge on any atom is 0.408 e. The minimum atomic E-state index is -1.89. The average molecular weight is 800 g/mol. The zero-order valence-corrected chi connectivity index (χ0v) is 34.7. The number of aliphatic hydroxyl groups is 2. The molecule has 0 aromatic carbocycles. The van der Waals surface area contributed by atoms with Gasteiger partial charge in [-0.3, -0.25) is 14.7 Å². The van der Waals surface area contributed by atoms with Gasteiger partial charge in [0.2, 0.25) is 0 Å². The molecule has 12 atom stereocenters. The molecule has 5 fully saturated rings. The molecule has 4 heterocycles. The first kappa shape index (κ1) is 42.0. The molecule has 1 amide bonds. The summed E-state index contributed by atoms with van der Waals surface area (Å²) in [5.41, 5.74) is -3.34. The van der Waals surface area contributed by atoms with E-state index in [2.05, 4.69) is 22.1 Å². The van der Waals surface area contributed by atoms with E-state index in [9.17, 15) is 24.6 Å². The van der Waals surface area contributed by atoms with Crippen LogP contribution in [-0.2, 0) is 42.7 Å². The summed E-state index contributed by atoms with van der Waals surface area (Å²) in [6.45, 7) is 19.9. The summed E-state index contributed by atoms with van der Waals surface area (Å²) < 4.78 is 43.8.